The number of aromatic hydroxyl groups is 2. The summed E-state index contributed by atoms with van der Waals surface area (Å²) >= 11 is 0. The molecule has 0 fully saturated rings. The van der Waals surface area contributed by atoms with Crippen LogP contribution in [0.2, 0.25) is 0 Å². The Morgan fingerprint density at radius 1 is 0.519 bits per heavy atom. The fourth-order valence-corrected chi connectivity index (χ4v) is 4.16. The molecule has 1 atom stereocenters. The summed E-state index contributed by atoms with van der Waals surface area (Å²) in [6.07, 6.45) is 0. The van der Waals surface area contributed by atoms with Gasteiger partial charge in [0.25, 0.3) is 0 Å². The van der Waals surface area contributed by atoms with Crippen molar-refractivity contribution in [3.63, 3.8) is 0 Å². The lowest BCUT2D eigenvalue weighted by atomic mass is 9.88. The first-order valence-corrected chi connectivity index (χ1v) is 9.03. The van der Waals surface area contributed by atoms with Gasteiger partial charge in [0.1, 0.15) is 11.5 Å². The molecule has 0 saturated heterocycles. The molecular weight excluding hydrogens is 332 g/mol. The van der Waals surface area contributed by atoms with Crippen molar-refractivity contribution >= 4 is 0 Å². The zero-order valence-corrected chi connectivity index (χ0v) is 14.6. The zero-order chi connectivity index (χ0) is 18.4. The summed E-state index contributed by atoms with van der Waals surface area (Å²) < 4.78 is 0. The molecule has 0 radical (unpaired) electrons. The molecule has 5 rings (SSSR count). The molecule has 0 heterocycles. The Hall–Kier alpha value is -3.52. The highest BCUT2D eigenvalue weighted by Crippen LogP contribution is 2.51. The van der Waals surface area contributed by atoms with Crippen LogP contribution in [0.1, 0.15) is 22.6 Å². The molecule has 1 unspecified atom stereocenters. The van der Waals surface area contributed by atoms with E-state index in [1.165, 1.54) is 33.4 Å². The maximum atomic E-state index is 9.68. The van der Waals surface area contributed by atoms with Crippen molar-refractivity contribution in [2.45, 2.75) is 5.92 Å². The van der Waals surface area contributed by atoms with Crippen molar-refractivity contribution in [2.24, 2.45) is 0 Å². The smallest absolute Gasteiger partial charge is 0.115 e. The van der Waals surface area contributed by atoms with Gasteiger partial charge in [-0.15, -0.1) is 0 Å². The van der Waals surface area contributed by atoms with Crippen LogP contribution < -0.4 is 0 Å². The highest BCUT2D eigenvalue weighted by atomic mass is 16.3. The molecule has 0 spiro atoms. The Labute approximate surface area is 158 Å². The van der Waals surface area contributed by atoms with Crippen LogP contribution in [0, 0.1) is 0 Å². The number of rotatable bonds is 2. The molecule has 27 heavy (non-hydrogen) atoms. The van der Waals surface area contributed by atoms with Gasteiger partial charge in [-0.05, 0) is 63.2 Å². The summed E-state index contributed by atoms with van der Waals surface area (Å²) in [6.45, 7) is 0. The van der Waals surface area contributed by atoms with Gasteiger partial charge >= 0.3 is 0 Å². The molecule has 0 saturated carbocycles. The minimum atomic E-state index is 0.147. The maximum Gasteiger partial charge on any atom is 0.115 e. The average Bonchev–Trinajstić information content (AvgIpc) is 3.04. The van der Waals surface area contributed by atoms with Crippen LogP contribution in [0.25, 0.3) is 22.3 Å². The third-order valence-electron chi connectivity index (χ3n) is 5.35. The third-order valence-corrected chi connectivity index (χ3v) is 5.35. The molecule has 4 aromatic rings. The number of phenols is 2. The van der Waals surface area contributed by atoms with Crippen molar-refractivity contribution in [2.75, 3.05) is 0 Å². The minimum Gasteiger partial charge on any atom is -0.508 e. The minimum absolute atomic E-state index is 0.147. The van der Waals surface area contributed by atoms with Crippen LogP contribution in [0.4, 0.5) is 0 Å². The van der Waals surface area contributed by atoms with E-state index in [9.17, 15) is 10.2 Å². The number of benzene rings is 4. The van der Waals surface area contributed by atoms with Gasteiger partial charge in [-0.25, -0.2) is 0 Å². The van der Waals surface area contributed by atoms with E-state index in [0.717, 1.165) is 5.56 Å². The lowest BCUT2D eigenvalue weighted by Gasteiger charge is -2.15. The van der Waals surface area contributed by atoms with Crippen molar-refractivity contribution in [3.05, 3.63) is 108 Å². The van der Waals surface area contributed by atoms with Gasteiger partial charge in [-0.1, -0.05) is 66.7 Å². The van der Waals surface area contributed by atoms with Crippen LogP contribution in [0.15, 0.2) is 91.0 Å². The van der Waals surface area contributed by atoms with E-state index in [4.69, 9.17) is 0 Å². The van der Waals surface area contributed by atoms with Crippen LogP contribution in [-0.4, -0.2) is 10.2 Å². The van der Waals surface area contributed by atoms with E-state index >= 15 is 0 Å². The van der Waals surface area contributed by atoms with Gasteiger partial charge in [-0.2, -0.15) is 0 Å². The van der Waals surface area contributed by atoms with E-state index in [1.54, 1.807) is 24.3 Å². The van der Waals surface area contributed by atoms with E-state index in [1.807, 2.05) is 24.3 Å². The standard InChI is InChI=1S/C25H18O2/c26-18-12-8-16(9-13-18)20-6-3-7-23-24(17-10-14-19(27)15-11-17)21-4-1-2-5-22(21)25(20)23/h1-15,24,26-27H. The molecule has 2 nitrogen and oxygen atoms in total. The molecule has 1 aliphatic carbocycles. The van der Waals surface area contributed by atoms with Gasteiger partial charge in [0.15, 0.2) is 0 Å². The Balaban J connectivity index is 1.77. The molecule has 2 heteroatoms. The number of fused-ring (bicyclic) bond motifs is 3. The predicted molar refractivity (Wildman–Crippen MR) is 108 cm³/mol. The van der Waals surface area contributed by atoms with Crippen LogP contribution in [-0.2, 0) is 0 Å². The fraction of sp³-hybridized carbons (Fsp3) is 0.0400. The van der Waals surface area contributed by atoms with E-state index in [0.29, 0.717) is 0 Å². The molecule has 2 N–H and O–H groups in total. The van der Waals surface area contributed by atoms with E-state index < -0.39 is 0 Å². The van der Waals surface area contributed by atoms with Gasteiger partial charge in [0.05, 0.1) is 0 Å². The second kappa shape index (κ2) is 6.03. The second-order valence-corrected chi connectivity index (χ2v) is 6.93. The molecule has 130 valence electrons. The second-order valence-electron chi connectivity index (χ2n) is 6.93. The van der Waals surface area contributed by atoms with Crippen LogP contribution >= 0.6 is 0 Å². The van der Waals surface area contributed by atoms with Gasteiger partial charge in [-0.3, -0.25) is 0 Å². The van der Waals surface area contributed by atoms with Crippen molar-refractivity contribution in [3.8, 4) is 33.8 Å². The fourth-order valence-electron chi connectivity index (χ4n) is 4.16. The summed E-state index contributed by atoms with van der Waals surface area (Å²) in [5.41, 5.74) is 8.47. The summed E-state index contributed by atoms with van der Waals surface area (Å²) in [6, 6.07) is 29.8. The van der Waals surface area contributed by atoms with Crippen molar-refractivity contribution < 1.29 is 10.2 Å². The Morgan fingerprint density at radius 3 is 1.85 bits per heavy atom. The number of hydrogen-bond acceptors (Lipinski definition) is 2. The molecule has 0 amide bonds. The Bertz CT molecular complexity index is 1130. The summed E-state index contributed by atoms with van der Waals surface area (Å²) in [4.78, 5) is 0. The summed E-state index contributed by atoms with van der Waals surface area (Å²) in [5.74, 6) is 0.700. The monoisotopic (exact) mass is 350 g/mol. The average molecular weight is 350 g/mol. The molecule has 0 aliphatic heterocycles. The maximum absolute atomic E-state index is 9.68. The van der Waals surface area contributed by atoms with Crippen molar-refractivity contribution in [1.29, 1.82) is 0 Å². The number of phenolic OH excluding ortho intramolecular Hbond substituents is 2. The van der Waals surface area contributed by atoms with Gasteiger partial charge in [0.2, 0.25) is 0 Å². The topological polar surface area (TPSA) is 40.5 Å². The largest absolute Gasteiger partial charge is 0.508 e. The first-order valence-electron chi connectivity index (χ1n) is 9.03. The first-order chi connectivity index (χ1) is 13.2. The molecule has 0 aromatic heterocycles. The van der Waals surface area contributed by atoms with Crippen LogP contribution in [0.5, 0.6) is 11.5 Å². The SMILES string of the molecule is Oc1ccc(-c2cccc3c2-c2ccccc2C3c2ccc(O)cc2)cc1. The van der Waals surface area contributed by atoms with E-state index in [-0.39, 0.29) is 17.4 Å². The lowest BCUT2D eigenvalue weighted by molar-refractivity contribution is 0.474. The summed E-state index contributed by atoms with van der Waals surface area (Å²) in [7, 11) is 0. The van der Waals surface area contributed by atoms with Gasteiger partial charge in [0, 0.05) is 5.92 Å². The summed E-state index contributed by atoms with van der Waals surface area (Å²) in [5, 5.41) is 19.3. The predicted octanol–water partition coefficient (Wildman–Crippen LogP) is 5.93. The Kier molecular flexibility index (Phi) is 3.51. The molecular formula is C25H18O2. The van der Waals surface area contributed by atoms with Crippen molar-refractivity contribution in [1.82, 2.24) is 0 Å². The highest BCUT2D eigenvalue weighted by Gasteiger charge is 2.31. The van der Waals surface area contributed by atoms with Crippen LogP contribution in [0.3, 0.4) is 0 Å². The quantitative estimate of drug-likeness (QED) is 0.414. The first kappa shape index (κ1) is 15.7. The third kappa shape index (κ3) is 2.49. The zero-order valence-electron chi connectivity index (χ0n) is 14.6. The van der Waals surface area contributed by atoms with E-state index in [2.05, 4.69) is 42.5 Å². The normalized spacial score (nSPS) is 14.6. The molecule has 4 aromatic carbocycles. The lowest BCUT2D eigenvalue weighted by Crippen LogP contribution is -1.98. The Morgan fingerprint density at radius 2 is 1.11 bits per heavy atom. The number of hydrogen-bond donors (Lipinski definition) is 2. The molecule has 1 aliphatic rings. The molecule has 0 bridgehead atoms. The highest BCUT2D eigenvalue weighted by molar-refractivity contribution is 5.92. The van der Waals surface area contributed by atoms with Gasteiger partial charge < -0.3 is 10.2 Å².